The summed E-state index contributed by atoms with van der Waals surface area (Å²) in [6.45, 7) is -0.457. The molecule has 3 aromatic heterocycles. The van der Waals surface area contributed by atoms with E-state index in [4.69, 9.17) is 11.6 Å². The SMILES string of the molecule is CN(CC(=O)Nc1cnc2c(c1)c(=O)n(C)c(=O)n2C)S(=O)(=O)c1ccc(Cl)s1. The molecule has 1 N–H and O–H groups in total. The van der Waals surface area contributed by atoms with Crippen molar-refractivity contribution in [3.05, 3.63) is 49.6 Å². The van der Waals surface area contributed by atoms with E-state index in [1.807, 2.05) is 0 Å². The normalized spacial score (nSPS) is 11.9. The molecule has 0 aliphatic rings. The van der Waals surface area contributed by atoms with Gasteiger partial charge in [0.2, 0.25) is 5.91 Å². The van der Waals surface area contributed by atoms with Crippen molar-refractivity contribution in [2.24, 2.45) is 14.1 Å². The maximum atomic E-state index is 12.5. The van der Waals surface area contributed by atoms with Crippen LogP contribution in [0, 0.1) is 0 Å². The number of hydrogen-bond donors (Lipinski definition) is 1. The fourth-order valence-corrected chi connectivity index (χ4v) is 5.43. The van der Waals surface area contributed by atoms with Crippen molar-refractivity contribution < 1.29 is 13.2 Å². The molecule has 0 fully saturated rings. The molecule has 1 amide bonds. The molecule has 0 spiro atoms. The molecule has 3 aromatic rings. The Morgan fingerprint density at radius 2 is 1.97 bits per heavy atom. The molecule has 3 heterocycles. The molecule has 0 aliphatic carbocycles. The number of fused-ring (bicyclic) bond motifs is 1. The number of anilines is 1. The Morgan fingerprint density at radius 1 is 1.28 bits per heavy atom. The zero-order valence-electron chi connectivity index (χ0n) is 15.5. The topological polar surface area (TPSA) is 123 Å². The predicted octanol–water partition coefficient (Wildman–Crippen LogP) is 0.606. The number of carbonyl (C=O) groups excluding carboxylic acids is 1. The van der Waals surface area contributed by atoms with E-state index in [1.165, 1.54) is 50.1 Å². The summed E-state index contributed by atoms with van der Waals surface area (Å²) in [5, 5.41) is 2.65. The molecule has 0 unspecified atom stereocenters. The monoisotopic (exact) mass is 457 g/mol. The molecule has 0 bridgehead atoms. The van der Waals surface area contributed by atoms with Crippen LogP contribution in [0.2, 0.25) is 4.34 Å². The van der Waals surface area contributed by atoms with Crippen molar-refractivity contribution in [2.45, 2.75) is 4.21 Å². The summed E-state index contributed by atoms with van der Waals surface area (Å²) < 4.78 is 28.3. The number of aryl methyl sites for hydroxylation is 1. The van der Waals surface area contributed by atoms with Crippen molar-refractivity contribution in [1.82, 2.24) is 18.4 Å². The van der Waals surface area contributed by atoms with E-state index in [9.17, 15) is 22.8 Å². The van der Waals surface area contributed by atoms with Gasteiger partial charge in [0, 0.05) is 21.1 Å². The first kappa shape index (κ1) is 21.2. The number of pyridine rings is 1. The van der Waals surface area contributed by atoms with Crippen LogP contribution in [0.1, 0.15) is 0 Å². The lowest BCUT2D eigenvalue weighted by Gasteiger charge is -2.16. The number of amides is 1. The van der Waals surface area contributed by atoms with Gasteiger partial charge in [-0.15, -0.1) is 11.3 Å². The molecular formula is C16H16ClN5O5S2. The highest BCUT2D eigenvalue weighted by atomic mass is 35.5. The van der Waals surface area contributed by atoms with Gasteiger partial charge < -0.3 is 5.32 Å². The molecule has 13 heteroatoms. The highest BCUT2D eigenvalue weighted by Gasteiger charge is 2.25. The van der Waals surface area contributed by atoms with E-state index in [0.717, 1.165) is 20.2 Å². The number of rotatable bonds is 5. The number of aromatic nitrogens is 3. The lowest BCUT2D eigenvalue weighted by atomic mass is 10.3. The number of carbonyl (C=O) groups is 1. The maximum Gasteiger partial charge on any atom is 0.332 e. The van der Waals surface area contributed by atoms with Crippen molar-refractivity contribution in [3.8, 4) is 0 Å². The number of nitrogens with one attached hydrogen (secondary N) is 1. The molecular weight excluding hydrogens is 442 g/mol. The molecule has 10 nitrogen and oxygen atoms in total. The van der Waals surface area contributed by atoms with E-state index in [1.54, 1.807) is 0 Å². The number of likely N-dealkylation sites (N-methyl/N-ethyl adjacent to an activating group) is 1. The summed E-state index contributed by atoms with van der Waals surface area (Å²) in [5.74, 6) is -0.624. The summed E-state index contributed by atoms with van der Waals surface area (Å²) >= 11 is 6.67. The van der Waals surface area contributed by atoms with E-state index < -0.39 is 33.7 Å². The molecule has 0 radical (unpaired) electrons. The first-order valence-electron chi connectivity index (χ1n) is 8.09. The summed E-state index contributed by atoms with van der Waals surface area (Å²) in [5.41, 5.74) is -0.707. The van der Waals surface area contributed by atoms with E-state index >= 15 is 0 Å². The van der Waals surface area contributed by atoms with Crippen LogP contribution in [0.4, 0.5) is 5.69 Å². The first-order valence-corrected chi connectivity index (χ1v) is 10.7. The third-order valence-electron chi connectivity index (χ3n) is 4.16. The van der Waals surface area contributed by atoms with E-state index in [-0.39, 0.29) is 20.9 Å². The van der Waals surface area contributed by atoms with Crippen LogP contribution in [0.3, 0.4) is 0 Å². The minimum atomic E-state index is -3.86. The second kappa shape index (κ2) is 7.71. The lowest BCUT2D eigenvalue weighted by molar-refractivity contribution is -0.116. The molecule has 0 aliphatic heterocycles. The average molecular weight is 458 g/mol. The van der Waals surface area contributed by atoms with Crippen LogP contribution in [0.15, 0.2) is 38.2 Å². The maximum absolute atomic E-state index is 12.5. The van der Waals surface area contributed by atoms with Gasteiger partial charge in [0.15, 0.2) is 0 Å². The van der Waals surface area contributed by atoms with Crippen molar-refractivity contribution in [1.29, 1.82) is 0 Å². The van der Waals surface area contributed by atoms with E-state index in [2.05, 4.69) is 10.3 Å². The van der Waals surface area contributed by atoms with Gasteiger partial charge >= 0.3 is 5.69 Å². The number of halogens is 1. The van der Waals surface area contributed by atoms with Crippen LogP contribution >= 0.6 is 22.9 Å². The Kier molecular flexibility index (Phi) is 5.63. The number of nitrogens with zero attached hydrogens (tertiary/aromatic N) is 4. The predicted molar refractivity (Wildman–Crippen MR) is 110 cm³/mol. The van der Waals surface area contributed by atoms with Crippen LogP contribution in [0.25, 0.3) is 11.0 Å². The molecule has 3 rings (SSSR count). The molecule has 0 saturated heterocycles. The van der Waals surface area contributed by atoms with Crippen LogP contribution in [-0.4, -0.2) is 46.3 Å². The highest BCUT2D eigenvalue weighted by molar-refractivity contribution is 7.91. The van der Waals surface area contributed by atoms with Crippen molar-refractivity contribution in [2.75, 3.05) is 18.9 Å². The van der Waals surface area contributed by atoms with Gasteiger partial charge in [0.1, 0.15) is 9.86 Å². The second-order valence-electron chi connectivity index (χ2n) is 6.17. The van der Waals surface area contributed by atoms with Crippen molar-refractivity contribution >= 4 is 55.6 Å². The second-order valence-corrected chi connectivity index (χ2v) is 10.2. The third kappa shape index (κ3) is 3.96. The Morgan fingerprint density at radius 3 is 2.59 bits per heavy atom. The standard InChI is InChI=1S/C16H16ClN5O5S2/c1-20(29(26,27)13-5-4-11(17)28-13)8-12(23)19-9-6-10-14(18-7-9)21(2)16(25)22(3)15(10)24/h4-7H,8H2,1-3H3,(H,19,23). The average Bonchev–Trinajstić information content (AvgIpc) is 3.11. The minimum Gasteiger partial charge on any atom is -0.324 e. The number of thiophene rings is 1. The zero-order chi connectivity index (χ0) is 21.5. The molecule has 154 valence electrons. The molecule has 0 saturated carbocycles. The van der Waals surface area contributed by atoms with Crippen LogP contribution in [0.5, 0.6) is 0 Å². The highest BCUT2D eigenvalue weighted by Crippen LogP contribution is 2.27. The fourth-order valence-electron chi connectivity index (χ4n) is 2.61. The molecule has 0 atom stereocenters. The van der Waals surface area contributed by atoms with Gasteiger partial charge in [-0.25, -0.2) is 18.2 Å². The van der Waals surface area contributed by atoms with Gasteiger partial charge in [-0.2, -0.15) is 4.31 Å². The quantitative estimate of drug-likeness (QED) is 0.598. The van der Waals surface area contributed by atoms with Gasteiger partial charge in [-0.3, -0.25) is 18.7 Å². The Labute approximate surface area is 174 Å². The Balaban J connectivity index is 1.83. The zero-order valence-corrected chi connectivity index (χ0v) is 17.9. The van der Waals surface area contributed by atoms with Gasteiger partial charge in [-0.1, -0.05) is 11.6 Å². The summed E-state index contributed by atoms with van der Waals surface area (Å²) in [4.78, 5) is 40.6. The molecule has 29 heavy (non-hydrogen) atoms. The lowest BCUT2D eigenvalue weighted by Crippen LogP contribution is -2.37. The molecule has 0 aromatic carbocycles. The van der Waals surface area contributed by atoms with E-state index in [0.29, 0.717) is 4.34 Å². The fraction of sp³-hybridized carbons (Fsp3) is 0.250. The smallest absolute Gasteiger partial charge is 0.324 e. The van der Waals surface area contributed by atoms with Gasteiger partial charge in [-0.05, 0) is 18.2 Å². The number of sulfonamides is 1. The van der Waals surface area contributed by atoms with Gasteiger partial charge in [0.25, 0.3) is 15.6 Å². The Hall–Kier alpha value is -2.54. The largest absolute Gasteiger partial charge is 0.332 e. The van der Waals surface area contributed by atoms with Crippen LogP contribution in [-0.2, 0) is 28.9 Å². The summed E-state index contributed by atoms with van der Waals surface area (Å²) in [6, 6.07) is 4.21. The summed E-state index contributed by atoms with van der Waals surface area (Å²) in [6.07, 6.45) is 1.28. The Bertz CT molecular complexity index is 1340. The first-order chi connectivity index (χ1) is 13.5. The summed E-state index contributed by atoms with van der Waals surface area (Å²) in [7, 11) is 0.225. The van der Waals surface area contributed by atoms with Crippen molar-refractivity contribution in [3.63, 3.8) is 0 Å². The van der Waals surface area contributed by atoms with Gasteiger partial charge in [0.05, 0.1) is 28.2 Å². The third-order valence-corrected chi connectivity index (χ3v) is 7.66. The van der Waals surface area contributed by atoms with Crippen LogP contribution < -0.4 is 16.6 Å². The minimum absolute atomic E-state index is 0.0228. The number of hydrogen-bond acceptors (Lipinski definition) is 7.